The van der Waals surface area contributed by atoms with E-state index in [9.17, 15) is 0 Å². The molecule has 2 aliphatic heterocycles. The topological polar surface area (TPSA) is 21.3 Å². The number of nitrogens with one attached hydrogen (secondary N) is 1. The summed E-state index contributed by atoms with van der Waals surface area (Å²) in [7, 11) is 0. The Morgan fingerprint density at radius 3 is 3.17 bits per heavy atom. The molecule has 68 valence electrons. The fourth-order valence-electron chi connectivity index (χ4n) is 2.02. The minimum Gasteiger partial charge on any atom is -0.501 e. The van der Waals surface area contributed by atoms with E-state index in [2.05, 4.69) is 5.32 Å². The van der Waals surface area contributed by atoms with E-state index in [0.29, 0.717) is 0 Å². The smallest absolute Gasteiger partial charge is 0.0876 e. The van der Waals surface area contributed by atoms with Gasteiger partial charge >= 0.3 is 0 Å². The lowest BCUT2D eigenvalue weighted by Gasteiger charge is -2.17. The van der Waals surface area contributed by atoms with Gasteiger partial charge < -0.3 is 10.1 Å². The second-order valence-corrected chi connectivity index (χ2v) is 3.75. The summed E-state index contributed by atoms with van der Waals surface area (Å²) in [4.78, 5) is 0. The second kappa shape index (κ2) is 3.94. The fourth-order valence-corrected chi connectivity index (χ4v) is 2.02. The molecule has 0 aliphatic carbocycles. The van der Waals surface area contributed by atoms with Gasteiger partial charge in [-0.15, -0.1) is 0 Å². The summed E-state index contributed by atoms with van der Waals surface area (Å²) in [6.07, 6.45) is 8.33. The first-order valence-corrected chi connectivity index (χ1v) is 4.98. The normalized spacial score (nSPS) is 29.7. The molecule has 1 fully saturated rings. The molecule has 1 unspecified atom stereocenters. The molecule has 2 aliphatic rings. The molecule has 0 amide bonds. The molecule has 0 radical (unpaired) electrons. The standard InChI is InChI=1S/C10H17NO/c1-4-10(11-5-1)7-9-3-2-6-12-8-9/h8,10-11H,1-7H2. The summed E-state index contributed by atoms with van der Waals surface area (Å²) in [5.74, 6) is 0. The number of ether oxygens (including phenoxy) is 1. The maximum Gasteiger partial charge on any atom is 0.0876 e. The second-order valence-electron chi connectivity index (χ2n) is 3.75. The van der Waals surface area contributed by atoms with Crippen LogP contribution in [0.5, 0.6) is 0 Å². The Bertz CT molecular complexity index is 171. The van der Waals surface area contributed by atoms with Gasteiger partial charge in [-0.3, -0.25) is 0 Å². The van der Waals surface area contributed by atoms with E-state index in [4.69, 9.17) is 4.74 Å². The zero-order valence-electron chi connectivity index (χ0n) is 7.51. The van der Waals surface area contributed by atoms with E-state index in [1.54, 1.807) is 0 Å². The van der Waals surface area contributed by atoms with Gasteiger partial charge in [0, 0.05) is 6.04 Å². The van der Waals surface area contributed by atoms with Crippen LogP contribution in [0.3, 0.4) is 0 Å². The maximum atomic E-state index is 5.30. The van der Waals surface area contributed by atoms with Crippen molar-refractivity contribution in [1.29, 1.82) is 0 Å². The summed E-state index contributed by atoms with van der Waals surface area (Å²) in [5.41, 5.74) is 1.50. The first-order chi connectivity index (χ1) is 5.95. The zero-order chi connectivity index (χ0) is 8.23. The molecule has 0 bridgehead atoms. The Morgan fingerprint density at radius 2 is 2.50 bits per heavy atom. The summed E-state index contributed by atoms with van der Waals surface area (Å²) in [6.45, 7) is 2.13. The molecule has 2 rings (SSSR count). The van der Waals surface area contributed by atoms with Crippen molar-refractivity contribution in [3.63, 3.8) is 0 Å². The lowest BCUT2D eigenvalue weighted by molar-refractivity contribution is 0.221. The third-order valence-electron chi connectivity index (χ3n) is 2.68. The van der Waals surface area contributed by atoms with Crippen molar-refractivity contribution in [2.24, 2.45) is 0 Å². The molecule has 0 aromatic carbocycles. The molecule has 0 aromatic heterocycles. The van der Waals surface area contributed by atoms with Crippen LogP contribution in [0.25, 0.3) is 0 Å². The van der Waals surface area contributed by atoms with Crippen molar-refractivity contribution in [3.8, 4) is 0 Å². The molecule has 0 saturated carbocycles. The maximum absolute atomic E-state index is 5.30. The predicted octanol–water partition coefficient (Wildman–Crippen LogP) is 1.82. The van der Waals surface area contributed by atoms with Crippen LogP contribution in [0.4, 0.5) is 0 Å². The Kier molecular flexibility index (Phi) is 2.67. The minimum absolute atomic E-state index is 0.734. The van der Waals surface area contributed by atoms with Crippen LogP contribution < -0.4 is 5.32 Å². The molecule has 1 atom stereocenters. The third-order valence-corrected chi connectivity index (χ3v) is 2.68. The summed E-state index contributed by atoms with van der Waals surface area (Å²) >= 11 is 0. The van der Waals surface area contributed by atoms with Gasteiger partial charge in [0.05, 0.1) is 12.9 Å². The molecule has 2 nitrogen and oxygen atoms in total. The lowest BCUT2D eigenvalue weighted by atomic mass is 10.0. The number of hydrogen-bond acceptors (Lipinski definition) is 2. The quantitative estimate of drug-likeness (QED) is 0.677. The largest absolute Gasteiger partial charge is 0.501 e. The van der Waals surface area contributed by atoms with Crippen LogP contribution in [-0.2, 0) is 4.74 Å². The van der Waals surface area contributed by atoms with Crippen molar-refractivity contribution >= 4 is 0 Å². The molecule has 12 heavy (non-hydrogen) atoms. The van der Waals surface area contributed by atoms with E-state index in [1.165, 1.54) is 44.2 Å². The van der Waals surface area contributed by atoms with Crippen LogP contribution in [0.1, 0.15) is 32.1 Å². The summed E-state index contributed by atoms with van der Waals surface area (Å²) < 4.78 is 5.30. The molecule has 2 heteroatoms. The van der Waals surface area contributed by atoms with Gasteiger partial charge in [-0.2, -0.15) is 0 Å². The minimum atomic E-state index is 0.734. The SMILES string of the molecule is C1=C(CC2CCCN2)CCCO1. The Hall–Kier alpha value is -0.500. The molecule has 2 heterocycles. The van der Waals surface area contributed by atoms with Gasteiger partial charge in [0.25, 0.3) is 0 Å². The first kappa shape index (κ1) is 8.11. The number of hydrogen-bond donors (Lipinski definition) is 1. The third kappa shape index (κ3) is 2.01. The first-order valence-electron chi connectivity index (χ1n) is 4.98. The van der Waals surface area contributed by atoms with Gasteiger partial charge in [-0.05, 0) is 44.2 Å². The van der Waals surface area contributed by atoms with E-state index in [-0.39, 0.29) is 0 Å². The molecular formula is C10H17NO. The van der Waals surface area contributed by atoms with E-state index in [1.807, 2.05) is 6.26 Å². The Labute approximate surface area is 74.0 Å². The molecule has 1 saturated heterocycles. The van der Waals surface area contributed by atoms with Crippen molar-refractivity contribution < 1.29 is 4.74 Å². The van der Waals surface area contributed by atoms with Crippen LogP contribution in [-0.4, -0.2) is 19.2 Å². The fraction of sp³-hybridized carbons (Fsp3) is 0.800. The highest BCUT2D eigenvalue weighted by molar-refractivity contribution is 5.03. The molecule has 0 spiro atoms. The van der Waals surface area contributed by atoms with Crippen LogP contribution >= 0.6 is 0 Å². The van der Waals surface area contributed by atoms with Gasteiger partial charge in [0.2, 0.25) is 0 Å². The van der Waals surface area contributed by atoms with E-state index >= 15 is 0 Å². The highest BCUT2D eigenvalue weighted by Crippen LogP contribution is 2.20. The van der Waals surface area contributed by atoms with Crippen molar-refractivity contribution in [1.82, 2.24) is 5.32 Å². The van der Waals surface area contributed by atoms with Gasteiger partial charge in [-0.25, -0.2) is 0 Å². The molecule has 1 N–H and O–H groups in total. The van der Waals surface area contributed by atoms with Gasteiger partial charge in [0.1, 0.15) is 0 Å². The Morgan fingerprint density at radius 1 is 1.50 bits per heavy atom. The van der Waals surface area contributed by atoms with Crippen LogP contribution in [0.15, 0.2) is 11.8 Å². The van der Waals surface area contributed by atoms with E-state index < -0.39 is 0 Å². The van der Waals surface area contributed by atoms with Crippen molar-refractivity contribution in [3.05, 3.63) is 11.8 Å². The molecule has 0 aromatic rings. The van der Waals surface area contributed by atoms with Gasteiger partial charge in [-0.1, -0.05) is 0 Å². The monoisotopic (exact) mass is 167 g/mol. The predicted molar refractivity (Wildman–Crippen MR) is 48.9 cm³/mol. The van der Waals surface area contributed by atoms with Crippen molar-refractivity contribution in [2.45, 2.75) is 38.1 Å². The van der Waals surface area contributed by atoms with Crippen LogP contribution in [0, 0.1) is 0 Å². The highest BCUT2D eigenvalue weighted by atomic mass is 16.5. The molecular weight excluding hydrogens is 150 g/mol. The summed E-state index contributed by atoms with van der Waals surface area (Å²) in [6, 6.07) is 0.734. The highest BCUT2D eigenvalue weighted by Gasteiger charge is 2.16. The van der Waals surface area contributed by atoms with Crippen LogP contribution in [0.2, 0.25) is 0 Å². The number of rotatable bonds is 2. The average molecular weight is 167 g/mol. The lowest BCUT2D eigenvalue weighted by Crippen LogP contribution is -2.22. The van der Waals surface area contributed by atoms with E-state index in [0.717, 1.165) is 12.6 Å². The van der Waals surface area contributed by atoms with Gasteiger partial charge in [0.15, 0.2) is 0 Å². The average Bonchev–Trinajstić information content (AvgIpc) is 2.59. The summed E-state index contributed by atoms with van der Waals surface area (Å²) in [5, 5.41) is 3.51. The van der Waals surface area contributed by atoms with Crippen molar-refractivity contribution in [2.75, 3.05) is 13.2 Å². The zero-order valence-corrected chi connectivity index (χ0v) is 7.51. The Balaban J connectivity index is 1.80.